The number of anilines is 2. The number of carbonyl (C=O) groups excluding carboxylic acids is 1. The Bertz CT molecular complexity index is 1490. The normalized spacial score (nSPS) is 15.3. The molecule has 1 N–H and O–H groups in total. The molecule has 36 heavy (non-hydrogen) atoms. The maximum absolute atomic E-state index is 13.4. The van der Waals surface area contributed by atoms with Crippen LogP contribution in [0.15, 0.2) is 65.0 Å². The van der Waals surface area contributed by atoms with Gasteiger partial charge in [0.1, 0.15) is 6.04 Å². The standard InChI is InChI=1S/C25H26ClN5O3S2/c1-17-15-19-16-20(26)3-8-23(19)31(17)18(2)24(32)30-12-10-29(11-13-30)21-4-6-22(7-5-21)36(33,34)28-25-27-9-14-35-25/h3-9,14-16,18H,10-13H2,1-2H3,(H,27,28). The Kier molecular flexibility index (Phi) is 6.67. The lowest BCUT2D eigenvalue weighted by Gasteiger charge is -2.37. The quantitative estimate of drug-likeness (QED) is 0.378. The van der Waals surface area contributed by atoms with E-state index in [-0.39, 0.29) is 16.8 Å². The third kappa shape index (κ3) is 4.80. The van der Waals surface area contributed by atoms with Gasteiger partial charge in [0.25, 0.3) is 10.0 Å². The van der Waals surface area contributed by atoms with Gasteiger partial charge in [-0.1, -0.05) is 11.6 Å². The minimum atomic E-state index is -3.69. The van der Waals surface area contributed by atoms with Crippen molar-refractivity contribution in [3.8, 4) is 0 Å². The van der Waals surface area contributed by atoms with Crippen LogP contribution >= 0.6 is 22.9 Å². The van der Waals surface area contributed by atoms with E-state index in [2.05, 4.69) is 25.2 Å². The van der Waals surface area contributed by atoms with Crippen LogP contribution in [-0.4, -0.2) is 55.0 Å². The molecular weight excluding hydrogens is 518 g/mol. The van der Waals surface area contributed by atoms with E-state index in [0.29, 0.717) is 36.3 Å². The van der Waals surface area contributed by atoms with Crippen LogP contribution in [0.5, 0.6) is 0 Å². The molecule has 1 amide bonds. The molecule has 0 radical (unpaired) electrons. The first kappa shape index (κ1) is 24.6. The molecule has 0 spiro atoms. The van der Waals surface area contributed by atoms with Gasteiger partial charge in [-0.25, -0.2) is 13.4 Å². The molecule has 5 rings (SSSR count). The number of piperazine rings is 1. The van der Waals surface area contributed by atoms with Crippen molar-refractivity contribution >= 4 is 60.6 Å². The first-order valence-electron chi connectivity index (χ1n) is 11.6. The summed E-state index contributed by atoms with van der Waals surface area (Å²) in [6.45, 7) is 6.48. The molecule has 4 aromatic rings. The summed E-state index contributed by atoms with van der Waals surface area (Å²) in [7, 11) is -3.69. The van der Waals surface area contributed by atoms with Crippen LogP contribution < -0.4 is 9.62 Å². The molecule has 2 aromatic carbocycles. The molecule has 11 heteroatoms. The maximum Gasteiger partial charge on any atom is 0.263 e. The first-order chi connectivity index (χ1) is 17.2. The number of rotatable bonds is 6. The van der Waals surface area contributed by atoms with E-state index in [1.807, 2.05) is 36.9 Å². The van der Waals surface area contributed by atoms with Crippen molar-refractivity contribution in [2.24, 2.45) is 0 Å². The number of nitrogens with zero attached hydrogens (tertiary/aromatic N) is 4. The SMILES string of the molecule is Cc1cc2cc(Cl)ccc2n1C(C)C(=O)N1CCN(c2ccc(S(=O)(=O)Nc3nccs3)cc2)CC1. The zero-order valence-electron chi connectivity index (χ0n) is 19.9. The van der Waals surface area contributed by atoms with Crippen molar-refractivity contribution in [1.82, 2.24) is 14.5 Å². The van der Waals surface area contributed by atoms with E-state index in [1.54, 1.807) is 35.8 Å². The lowest BCUT2D eigenvalue weighted by Crippen LogP contribution is -2.50. The second kappa shape index (κ2) is 9.76. The average molecular weight is 544 g/mol. The highest BCUT2D eigenvalue weighted by Gasteiger charge is 2.27. The molecule has 3 heterocycles. The van der Waals surface area contributed by atoms with Gasteiger partial charge in [-0.15, -0.1) is 11.3 Å². The van der Waals surface area contributed by atoms with Gasteiger partial charge in [-0.05, 0) is 62.4 Å². The molecule has 1 saturated heterocycles. The van der Waals surface area contributed by atoms with Crippen molar-refractivity contribution in [3.05, 3.63) is 70.8 Å². The highest BCUT2D eigenvalue weighted by Crippen LogP contribution is 2.28. The summed E-state index contributed by atoms with van der Waals surface area (Å²) in [4.78, 5) is 21.6. The van der Waals surface area contributed by atoms with E-state index < -0.39 is 10.0 Å². The summed E-state index contributed by atoms with van der Waals surface area (Å²) >= 11 is 7.37. The molecule has 188 valence electrons. The number of aromatic nitrogens is 2. The molecular formula is C25H26ClN5O3S2. The summed E-state index contributed by atoms with van der Waals surface area (Å²) in [5.41, 5.74) is 2.94. The van der Waals surface area contributed by atoms with Gasteiger partial charge >= 0.3 is 0 Å². The van der Waals surface area contributed by atoms with E-state index in [4.69, 9.17) is 11.6 Å². The number of hydrogen-bond acceptors (Lipinski definition) is 6. The summed E-state index contributed by atoms with van der Waals surface area (Å²) < 4.78 is 29.7. The fraction of sp³-hybridized carbons (Fsp3) is 0.280. The van der Waals surface area contributed by atoms with Gasteiger partial charge in [0.15, 0.2) is 5.13 Å². The number of aryl methyl sites for hydroxylation is 1. The molecule has 0 aliphatic carbocycles. The van der Waals surface area contributed by atoms with Gasteiger partial charge < -0.3 is 14.4 Å². The number of fused-ring (bicyclic) bond motifs is 1. The number of hydrogen-bond donors (Lipinski definition) is 1. The molecule has 1 atom stereocenters. The lowest BCUT2D eigenvalue weighted by atomic mass is 10.2. The monoisotopic (exact) mass is 543 g/mol. The van der Waals surface area contributed by atoms with Crippen LogP contribution in [-0.2, 0) is 14.8 Å². The smallest absolute Gasteiger partial charge is 0.263 e. The van der Waals surface area contributed by atoms with Gasteiger partial charge in [-0.2, -0.15) is 0 Å². The Balaban J connectivity index is 1.23. The predicted octanol–water partition coefficient (Wildman–Crippen LogP) is 4.77. The second-order valence-corrected chi connectivity index (χ2v) is 11.8. The molecule has 1 fully saturated rings. The molecule has 1 unspecified atom stereocenters. The third-order valence-corrected chi connectivity index (χ3v) is 8.90. The number of thiazole rings is 1. The molecule has 2 aromatic heterocycles. The highest BCUT2D eigenvalue weighted by atomic mass is 35.5. The van der Waals surface area contributed by atoms with Crippen LogP contribution in [0.4, 0.5) is 10.8 Å². The Morgan fingerprint density at radius 3 is 2.47 bits per heavy atom. The van der Waals surface area contributed by atoms with E-state index in [9.17, 15) is 13.2 Å². The summed E-state index contributed by atoms with van der Waals surface area (Å²) in [6, 6.07) is 14.2. The van der Waals surface area contributed by atoms with Crippen molar-refractivity contribution in [3.63, 3.8) is 0 Å². The Morgan fingerprint density at radius 1 is 1.08 bits per heavy atom. The summed E-state index contributed by atoms with van der Waals surface area (Å²) in [5, 5.41) is 3.75. The number of nitrogens with one attached hydrogen (secondary N) is 1. The van der Waals surface area contributed by atoms with Gasteiger partial charge in [0.05, 0.1) is 4.90 Å². The second-order valence-electron chi connectivity index (χ2n) is 8.78. The molecule has 0 saturated carbocycles. The topological polar surface area (TPSA) is 87.5 Å². The summed E-state index contributed by atoms with van der Waals surface area (Å²) in [5.74, 6) is 0.0832. The minimum Gasteiger partial charge on any atom is -0.368 e. The molecule has 1 aliphatic rings. The van der Waals surface area contributed by atoms with Crippen LogP contribution in [0.3, 0.4) is 0 Å². The fourth-order valence-corrected chi connectivity index (χ4v) is 6.67. The van der Waals surface area contributed by atoms with E-state index >= 15 is 0 Å². The molecule has 8 nitrogen and oxygen atoms in total. The minimum absolute atomic E-state index is 0.0832. The third-order valence-electron chi connectivity index (χ3n) is 6.50. The van der Waals surface area contributed by atoms with Gasteiger partial charge in [0.2, 0.25) is 5.91 Å². The van der Waals surface area contributed by atoms with Crippen molar-refractivity contribution < 1.29 is 13.2 Å². The zero-order valence-corrected chi connectivity index (χ0v) is 22.3. The van der Waals surface area contributed by atoms with Gasteiger partial charge in [0, 0.05) is 65.1 Å². The Hall–Kier alpha value is -3.08. The van der Waals surface area contributed by atoms with Crippen LogP contribution in [0.25, 0.3) is 10.9 Å². The fourth-order valence-electron chi connectivity index (χ4n) is 4.70. The summed E-state index contributed by atoms with van der Waals surface area (Å²) in [6.07, 6.45) is 1.55. The predicted molar refractivity (Wildman–Crippen MR) is 145 cm³/mol. The van der Waals surface area contributed by atoms with E-state index in [1.165, 1.54) is 11.3 Å². The zero-order chi connectivity index (χ0) is 25.4. The first-order valence-corrected chi connectivity index (χ1v) is 14.3. The number of sulfonamides is 1. The molecule has 1 aliphatic heterocycles. The number of carbonyl (C=O) groups is 1. The largest absolute Gasteiger partial charge is 0.368 e. The van der Waals surface area contributed by atoms with Crippen LogP contribution in [0.1, 0.15) is 18.7 Å². The lowest BCUT2D eigenvalue weighted by molar-refractivity contribution is -0.134. The van der Waals surface area contributed by atoms with Crippen LogP contribution in [0, 0.1) is 6.92 Å². The van der Waals surface area contributed by atoms with E-state index in [0.717, 1.165) is 22.3 Å². The number of benzene rings is 2. The Labute approximate surface area is 219 Å². The average Bonchev–Trinajstić information content (AvgIpc) is 3.49. The highest BCUT2D eigenvalue weighted by molar-refractivity contribution is 7.93. The maximum atomic E-state index is 13.4. The van der Waals surface area contributed by atoms with Crippen molar-refractivity contribution in [2.45, 2.75) is 24.8 Å². The molecule has 0 bridgehead atoms. The number of halogens is 1. The van der Waals surface area contributed by atoms with Gasteiger partial charge in [-0.3, -0.25) is 9.52 Å². The van der Waals surface area contributed by atoms with Crippen molar-refractivity contribution in [1.29, 1.82) is 0 Å². The number of amides is 1. The van der Waals surface area contributed by atoms with Crippen molar-refractivity contribution in [2.75, 3.05) is 35.8 Å². The Morgan fingerprint density at radius 2 is 1.81 bits per heavy atom. The van der Waals surface area contributed by atoms with Crippen LogP contribution in [0.2, 0.25) is 5.02 Å².